The molecule has 0 aromatic heterocycles. The lowest BCUT2D eigenvalue weighted by atomic mass is 10.1. The third-order valence-electron chi connectivity index (χ3n) is 4.73. The molecular formula is C25H24BrN3O4. The fourth-order valence-corrected chi connectivity index (χ4v) is 3.19. The molecule has 33 heavy (non-hydrogen) atoms. The molecule has 0 unspecified atom stereocenters. The number of ether oxygens (including phenoxy) is 2. The van der Waals surface area contributed by atoms with E-state index in [0.29, 0.717) is 23.7 Å². The molecule has 2 N–H and O–H groups in total. The van der Waals surface area contributed by atoms with E-state index in [0.717, 1.165) is 15.6 Å². The minimum Gasteiger partial charge on any atom is -0.493 e. The zero-order valence-electron chi connectivity index (χ0n) is 18.2. The molecule has 3 aromatic carbocycles. The Hall–Kier alpha value is -3.65. The maximum Gasteiger partial charge on any atom is 0.329 e. The minimum atomic E-state index is -0.851. The molecular weight excluding hydrogens is 486 g/mol. The van der Waals surface area contributed by atoms with Crippen LogP contribution in [0.1, 0.15) is 29.7 Å². The van der Waals surface area contributed by atoms with E-state index in [4.69, 9.17) is 9.47 Å². The predicted molar refractivity (Wildman–Crippen MR) is 130 cm³/mol. The van der Waals surface area contributed by atoms with Gasteiger partial charge in [-0.3, -0.25) is 9.59 Å². The van der Waals surface area contributed by atoms with Gasteiger partial charge in [-0.25, -0.2) is 5.43 Å². The molecule has 0 aliphatic carbocycles. The predicted octanol–water partition coefficient (Wildman–Crippen LogP) is 4.36. The van der Waals surface area contributed by atoms with Crippen molar-refractivity contribution in [1.82, 2.24) is 10.7 Å². The molecule has 0 spiro atoms. The van der Waals surface area contributed by atoms with Crippen molar-refractivity contribution >= 4 is 34.0 Å². The van der Waals surface area contributed by atoms with E-state index >= 15 is 0 Å². The summed E-state index contributed by atoms with van der Waals surface area (Å²) in [5, 5.41) is 6.50. The number of methoxy groups -OCH3 is 1. The second kappa shape index (κ2) is 11.8. The second-order valence-electron chi connectivity index (χ2n) is 7.13. The SMILES string of the molecule is COc1cc(/C=N\NC(=O)C(=O)N[C@@H](C)c2ccccc2)ccc1OCc1ccc(Br)cc1. The van der Waals surface area contributed by atoms with Crippen molar-refractivity contribution < 1.29 is 19.1 Å². The largest absolute Gasteiger partial charge is 0.493 e. The summed E-state index contributed by atoms with van der Waals surface area (Å²) in [5.41, 5.74) is 4.82. The molecule has 0 aliphatic heterocycles. The van der Waals surface area contributed by atoms with E-state index < -0.39 is 11.8 Å². The third-order valence-corrected chi connectivity index (χ3v) is 5.26. The van der Waals surface area contributed by atoms with Crippen LogP contribution in [-0.2, 0) is 16.2 Å². The third kappa shape index (κ3) is 7.18. The zero-order chi connectivity index (χ0) is 23.6. The van der Waals surface area contributed by atoms with Gasteiger partial charge in [0.2, 0.25) is 0 Å². The highest BCUT2D eigenvalue weighted by Crippen LogP contribution is 2.28. The van der Waals surface area contributed by atoms with Crippen molar-refractivity contribution in [3.05, 3.63) is 94.0 Å². The highest BCUT2D eigenvalue weighted by atomic mass is 79.9. The van der Waals surface area contributed by atoms with Crippen LogP contribution in [0.15, 0.2) is 82.4 Å². The summed E-state index contributed by atoms with van der Waals surface area (Å²) in [5.74, 6) is -0.513. The number of benzene rings is 3. The maximum atomic E-state index is 12.1. The molecule has 0 radical (unpaired) electrons. The van der Waals surface area contributed by atoms with Gasteiger partial charge >= 0.3 is 11.8 Å². The lowest BCUT2D eigenvalue weighted by molar-refractivity contribution is -0.139. The Labute approximate surface area is 200 Å². The molecule has 0 aliphatic rings. The maximum absolute atomic E-state index is 12.1. The second-order valence-corrected chi connectivity index (χ2v) is 8.05. The van der Waals surface area contributed by atoms with Crippen molar-refractivity contribution in [2.24, 2.45) is 5.10 Å². The fourth-order valence-electron chi connectivity index (χ4n) is 2.93. The number of halogens is 1. The van der Waals surface area contributed by atoms with Crippen LogP contribution >= 0.6 is 15.9 Å². The lowest BCUT2D eigenvalue weighted by Gasteiger charge is -2.13. The van der Waals surface area contributed by atoms with E-state index in [1.807, 2.05) is 54.6 Å². The number of hydrogen-bond donors (Lipinski definition) is 2. The number of carbonyl (C=O) groups excluding carboxylic acids is 2. The summed E-state index contributed by atoms with van der Waals surface area (Å²) in [6.45, 7) is 2.19. The van der Waals surface area contributed by atoms with Crippen molar-refractivity contribution in [2.45, 2.75) is 19.6 Å². The smallest absolute Gasteiger partial charge is 0.329 e. The van der Waals surface area contributed by atoms with Gasteiger partial charge in [0, 0.05) is 4.47 Å². The Morgan fingerprint density at radius 1 is 1.00 bits per heavy atom. The Morgan fingerprint density at radius 2 is 1.73 bits per heavy atom. The zero-order valence-corrected chi connectivity index (χ0v) is 19.8. The van der Waals surface area contributed by atoms with Crippen molar-refractivity contribution in [2.75, 3.05) is 7.11 Å². The van der Waals surface area contributed by atoms with Gasteiger partial charge in [0.15, 0.2) is 11.5 Å². The van der Waals surface area contributed by atoms with Crippen LogP contribution in [0, 0.1) is 0 Å². The Morgan fingerprint density at radius 3 is 2.42 bits per heavy atom. The van der Waals surface area contributed by atoms with E-state index in [-0.39, 0.29) is 6.04 Å². The first-order chi connectivity index (χ1) is 16.0. The van der Waals surface area contributed by atoms with Crippen molar-refractivity contribution in [3.8, 4) is 11.5 Å². The van der Waals surface area contributed by atoms with Crippen LogP contribution in [-0.4, -0.2) is 25.1 Å². The molecule has 0 fully saturated rings. The van der Waals surface area contributed by atoms with Gasteiger partial charge in [0.1, 0.15) is 6.61 Å². The number of amides is 2. The summed E-state index contributed by atoms with van der Waals surface area (Å²) < 4.78 is 12.3. The summed E-state index contributed by atoms with van der Waals surface area (Å²) in [6.07, 6.45) is 1.42. The molecule has 0 saturated carbocycles. The number of hydrogen-bond acceptors (Lipinski definition) is 5. The summed E-state index contributed by atoms with van der Waals surface area (Å²) in [7, 11) is 1.54. The minimum absolute atomic E-state index is 0.303. The topological polar surface area (TPSA) is 89.0 Å². The number of nitrogens with one attached hydrogen (secondary N) is 2. The van der Waals surface area contributed by atoms with Gasteiger partial charge in [-0.15, -0.1) is 0 Å². The van der Waals surface area contributed by atoms with Crippen molar-refractivity contribution in [1.29, 1.82) is 0 Å². The number of nitrogens with zero attached hydrogens (tertiary/aromatic N) is 1. The number of carbonyl (C=O) groups is 2. The molecule has 0 bridgehead atoms. The Bertz CT molecular complexity index is 1120. The first-order valence-electron chi connectivity index (χ1n) is 10.2. The lowest BCUT2D eigenvalue weighted by Crippen LogP contribution is -2.39. The van der Waals surface area contributed by atoms with Crippen LogP contribution in [0.3, 0.4) is 0 Å². The molecule has 3 rings (SSSR count). The molecule has 0 saturated heterocycles. The van der Waals surface area contributed by atoms with E-state index in [1.165, 1.54) is 6.21 Å². The van der Waals surface area contributed by atoms with Crippen LogP contribution in [0.4, 0.5) is 0 Å². The number of rotatable bonds is 8. The molecule has 170 valence electrons. The van der Waals surface area contributed by atoms with Gasteiger partial charge in [0.25, 0.3) is 0 Å². The monoisotopic (exact) mass is 509 g/mol. The average Bonchev–Trinajstić information content (AvgIpc) is 2.84. The van der Waals surface area contributed by atoms with Gasteiger partial charge in [-0.2, -0.15) is 5.10 Å². The van der Waals surface area contributed by atoms with E-state index in [1.54, 1.807) is 32.2 Å². The normalized spacial score (nSPS) is 11.6. The first kappa shape index (κ1) is 24.0. The quantitative estimate of drug-likeness (QED) is 0.268. The highest BCUT2D eigenvalue weighted by Gasteiger charge is 2.16. The first-order valence-corrected chi connectivity index (χ1v) is 11.0. The summed E-state index contributed by atoms with van der Waals surface area (Å²) in [4.78, 5) is 24.1. The summed E-state index contributed by atoms with van der Waals surface area (Å²) in [6, 6.07) is 22.2. The number of hydrazone groups is 1. The van der Waals surface area contributed by atoms with Gasteiger partial charge in [0.05, 0.1) is 19.4 Å². The highest BCUT2D eigenvalue weighted by molar-refractivity contribution is 9.10. The van der Waals surface area contributed by atoms with Crippen LogP contribution in [0.2, 0.25) is 0 Å². The Kier molecular flexibility index (Phi) is 8.60. The molecule has 7 nitrogen and oxygen atoms in total. The van der Waals surface area contributed by atoms with Crippen LogP contribution in [0.25, 0.3) is 0 Å². The summed E-state index contributed by atoms with van der Waals surface area (Å²) >= 11 is 3.41. The van der Waals surface area contributed by atoms with Crippen LogP contribution < -0.4 is 20.2 Å². The van der Waals surface area contributed by atoms with Gasteiger partial charge in [-0.1, -0.05) is 58.4 Å². The van der Waals surface area contributed by atoms with Gasteiger partial charge < -0.3 is 14.8 Å². The van der Waals surface area contributed by atoms with Crippen LogP contribution in [0.5, 0.6) is 11.5 Å². The average molecular weight is 510 g/mol. The Balaban J connectivity index is 1.54. The fraction of sp³-hybridized carbons (Fsp3) is 0.160. The molecule has 8 heteroatoms. The molecule has 2 amide bonds. The molecule has 0 heterocycles. The molecule has 1 atom stereocenters. The van der Waals surface area contributed by atoms with Crippen molar-refractivity contribution in [3.63, 3.8) is 0 Å². The standard InChI is InChI=1S/C25H24BrN3O4/c1-17(20-6-4-3-5-7-20)28-24(30)25(31)29-27-15-19-10-13-22(23(14-19)32-2)33-16-18-8-11-21(26)12-9-18/h3-15,17H,16H2,1-2H3,(H,28,30)(H,29,31)/b27-15-/t17-/m0/s1. The van der Waals surface area contributed by atoms with E-state index in [9.17, 15) is 9.59 Å². The van der Waals surface area contributed by atoms with E-state index in [2.05, 4.69) is 31.8 Å². The van der Waals surface area contributed by atoms with Gasteiger partial charge in [-0.05, 0) is 53.9 Å². The molecule has 3 aromatic rings.